The van der Waals surface area contributed by atoms with Crippen LogP contribution in [0.5, 0.6) is 5.75 Å². The van der Waals surface area contributed by atoms with Crippen molar-refractivity contribution in [3.8, 4) is 5.75 Å². The first-order valence-corrected chi connectivity index (χ1v) is 6.76. The largest absolute Gasteiger partial charge is 0.492 e. The Hall–Kier alpha value is -1.16. The van der Waals surface area contributed by atoms with E-state index < -0.39 is 11.6 Å². The maximum absolute atomic E-state index is 13.0. The fraction of sp³-hybridized carbons (Fsp3) is 0.500. The average Bonchev–Trinajstić information content (AvgIpc) is 2.47. The van der Waals surface area contributed by atoms with Crippen LogP contribution in [-0.4, -0.2) is 45.9 Å². The van der Waals surface area contributed by atoms with Crippen molar-refractivity contribution in [3.05, 3.63) is 29.8 Å². The van der Waals surface area contributed by atoms with Gasteiger partial charge in [0.2, 0.25) is 0 Å². The van der Waals surface area contributed by atoms with Gasteiger partial charge in [0.25, 0.3) is 0 Å². The summed E-state index contributed by atoms with van der Waals surface area (Å²) in [6, 6.07) is 3.44. The quantitative estimate of drug-likeness (QED) is 0.288. The lowest BCUT2D eigenvalue weighted by molar-refractivity contribution is 0.208. The van der Waals surface area contributed by atoms with Crippen LogP contribution in [0, 0.1) is 11.6 Å². The predicted molar refractivity (Wildman–Crippen MR) is 93.1 cm³/mol. The zero-order chi connectivity index (χ0) is 15.5. The number of hydrogen-bond acceptors (Lipinski definition) is 3. The molecular formula is C14H22F2IN3O2. The van der Waals surface area contributed by atoms with Crippen LogP contribution in [0.1, 0.15) is 6.92 Å². The molecule has 0 aliphatic heterocycles. The van der Waals surface area contributed by atoms with Crippen LogP contribution in [0.15, 0.2) is 23.2 Å². The molecule has 8 heteroatoms. The van der Waals surface area contributed by atoms with Gasteiger partial charge in [0.15, 0.2) is 17.6 Å². The van der Waals surface area contributed by atoms with E-state index in [9.17, 15) is 8.78 Å². The number of benzene rings is 1. The smallest absolute Gasteiger partial charge is 0.191 e. The number of aliphatic imine (C=N–C) groups is 1. The molecular weight excluding hydrogens is 407 g/mol. The minimum atomic E-state index is -0.921. The number of ether oxygens (including phenoxy) is 2. The van der Waals surface area contributed by atoms with Crippen LogP contribution >= 0.6 is 24.0 Å². The van der Waals surface area contributed by atoms with E-state index >= 15 is 0 Å². The fourth-order valence-corrected chi connectivity index (χ4v) is 1.50. The van der Waals surface area contributed by atoms with Crippen molar-refractivity contribution in [3.63, 3.8) is 0 Å². The summed E-state index contributed by atoms with van der Waals surface area (Å²) in [5.41, 5.74) is 0. The number of nitrogens with zero attached hydrogens (tertiary/aromatic N) is 1. The molecule has 0 atom stereocenters. The lowest BCUT2D eigenvalue weighted by atomic mass is 10.3. The highest BCUT2D eigenvalue weighted by molar-refractivity contribution is 14.0. The van der Waals surface area contributed by atoms with Crippen molar-refractivity contribution in [2.24, 2.45) is 4.99 Å². The maximum Gasteiger partial charge on any atom is 0.191 e. The second kappa shape index (κ2) is 12.4. The highest BCUT2D eigenvalue weighted by Gasteiger charge is 2.03. The van der Waals surface area contributed by atoms with E-state index in [2.05, 4.69) is 15.6 Å². The highest BCUT2D eigenvalue weighted by Crippen LogP contribution is 2.14. The van der Waals surface area contributed by atoms with Gasteiger partial charge in [-0.1, -0.05) is 0 Å². The Morgan fingerprint density at radius 2 is 1.95 bits per heavy atom. The van der Waals surface area contributed by atoms with E-state index in [1.54, 1.807) is 7.11 Å². The molecule has 0 saturated carbocycles. The third kappa shape index (κ3) is 8.32. The molecule has 0 radical (unpaired) electrons. The van der Waals surface area contributed by atoms with E-state index in [1.165, 1.54) is 6.07 Å². The molecule has 1 aromatic carbocycles. The number of methoxy groups -OCH3 is 1. The molecule has 0 unspecified atom stereocenters. The Bertz CT molecular complexity index is 462. The third-order valence-corrected chi connectivity index (χ3v) is 2.46. The fourth-order valence-electron chi connectivity index (χ4n) is 1.50. The molecule has 1 rings (SSSR count). The van der Waals surface area contributed by atoms with Gasteiger partial charge in [-0.25, -0.2) is 8.78 Å². The lowest BCUT2D eigenvalue weighted by Crippen LogP contribution is -2.39. The molecule has 0 aliphatic rings. The number of hydrogen-bond donors (Lipinski definition) is 2. The van der Waals surface area contributed by atoms with Gasteiger partial charge in [-0.2, -0.15) is 0 Å². The van der Waals surface area contributed by atoms with E-state index in [4.69, 9.17) is 9.47 Å². The summed E-state index contributed by atoms with van der Waals surface area (Å²) in [4.78, 5) is 4.28. The van der Waals surface area contributed by atoms with Gasteiger partial charge in [0.1, 0.15) is 12.4 Å². The van der Waals surface area contributed by atoms with Gasteiger partial charge in [-0.15, -0.1) is 24.0 Å². The normalized spacial score (nSPS) is 10.8. The molecule has 0 saturated heterocycles. The first-order chi connectivity index (χ1) is 10.2. The van der Waals surface area contributed by atoms with Gasteiger partial charge in [-0.05, 0) is 19.1 Å². The zero-order valence-electron chi connectivity index (χ0n) is 12.7. The Morgan fingerprint density at radius 1 is 1.18 bits per heavy atom. The van der Waals surface area contributed by atoms with Crippen molar-refractivity contribution in [2.45, 2.75) is 6.92 Å². The summed E-state index contributed by atoms with van der Waals surface area (Å²) in [7, 11) is 1.62. The van der Waals surface area contributed by atoms with E-state index in [0.717, 1.165) is 18.7 Å². The first kappa shape index (κ1) is 20.8. The molecule has 0 bridgehead atoms. The second-order valence-electron chi connectivity index (χ2n) is 4.10. The molecule has 1 aromatic rings. The lowest BCUT2D eigenvalue weighted by Gasteiger charge is -2.12. The highest BCUT2D eigenvalue weighted by atomic mass is 127. The van der Waals surface area contributed by atoms with Gasteiger partial charge >= 0.3 is 0 Å². The van der Waals surface area contributed by atoms with E-state index in [1.807, 2.05) is 6.92 Å². The number of guanidine groups is 1. The van der Waals surface area contributed by atoms with Crippen molar-refractivity contribution in [2.75, 3.05) is 40.0 Å². The molecule has 0 spiro atoms. The average molecular weight is 429 g/mol. The van der Waals surface area contributed by atoms with Crippen LogP contribution in [0.4, 0.5) is 8.78 Å². The first-order valence-electron chi connectivity index (χ1n) is 6.76. The van der Waals surface area contributed by atoms with Crippen LogP contribution in [-0.2, 0) is 4.74 Å². The van der Waals surface area contributed by atoms with Crippen LogP contribution in [0.2, 0.25) is 0 Å². The molecule has 2 N–H and O–H groups in total. The van der Waals surface area contributed by atoms with Crippen molar-refractivity contribution >= 4 is 29.9 Å². The Labute approximate surface area is 146 Å². The third-order valence-electron chi connectivity index (χ3n) is 2.46. The molecule has 126 valence electrons. The molecule has 0 fully saturated rings. The molecule has 0 aromatic heterocycles. The Morgan fingerprint density at radius 3 is 2.59 bits per heavy atom. The summed E-state index contributed by atoms with van der Waals surface area (Å²) < 4.78 is 36.0. The molecule has 0 aliphatic carbocycles. The monoisotopic (exact) mass is 429 g/mol. The van der Waals surface area contributed by atoms with Crippen molar-refractivity contribution in [1.29, 1.82) is 0 Å². The molecule has 22 heavy (non-hydrogen) atoms. The van der Waals surface area contributed by atoms with Crippen molar-refractivity contribution in [1.82, 2.24) is 10.6 Å². The summed E-state index contributed by atoms with van der Waals surface area (Å²) in [5.74, 6) is -0.865. The predicted octanol–water partition coefficient (Wildman–Crippen LogP) is 2.16. The SMILES string of the molecule is CCNC(=NCCOC)NCCOc1ccc(F)c(F)c1.I. The minimum absolute atomic E-state index is 0. The Kier molecular flexibility index (Phi) is 11.7. The van der Waals surface area contributed by atoms with Crippen LogP contribution in [0.25, 0.3) is 0 Å². The number of halogens is 3. The summed E-state index contributed by atoms with van der Waals surface area (Å²) >= 11 is 0. The van der Waals surface area contributed by atoms with Gasteiger partial charge in [-0.3, -0.25) is 4.99 Å². The Balaban J connectivity index is 0.00000441. The standard InChI is InChI=1S/C14H21F2N3O2.HI/c1-3-17-14(18-6-8-20-2)19-7-9-21-11-4-5-12(15)13(16)10-11;/h4-5,10H,3,6-9H2,1-2H3,(H2,17,18,19);1H. The topological polar surface area (TPSA) is 54.9 Å². The zero-order valence-corrected chi connectivity index (χ0v) is 15.0. The maximum atomic E-state index is 13.0. The van der Waals surface area contributed by atoms with Crippen LogP contribution < -0.4 is 15.4 Å². The molecule has 5 nitrogen and oxygen atoms in total. The van der Waals surface area contributed by atoms with Gasteiger partial charge < -0.3 is 20.1 Å². The van der Waals surface area contributed by atoms with Crippen LogP contribution in [0.3, 0.4) is 0 Å². The van der Waals surface area contributed by atoms with E-state index in [0.29, 0.717) is 32.3 Å². The summed E-state index contributed by atoms with van der Waals surface area (Å²) in [5, 5.41) is 6.14. The van der Waals surface area contributed by atoms with Gasteiger partial charge in [0, 0.05) is 19.7 Å². The van der Waals surface area contributed by atoms with E-state index in [-0.39, 0.29) is 29.7 Å². The number of rotatable bonds is 8. The number of nitrogens with one attached hydrogen (secondary N) is 2. The summed E-state index contributed by atoms with van der Waals surface area (Å²) in [6.45, 7) is 4.59. The second-order valence-corrected chi connectivity index (χ2v) is 4.10. The van der Waals surface area contributed by atoms with Gasteiger partial charge in [0.05, 0.1) is 19.7 Å². The summed E-state index contributed by atoms with van der Waals surface area (Å²) in [6.07, 6.45) is 0. The minimum Gasteiger partial charge on any atom is -0.492 e. The molecule has 0 heterocycles. The molecule has 0 amide bonds. The van der Waals surface area contributed by atoms with Crippen molar-refractivity contribution < 1.29 is 18.3 Å².